The van der Waals surface area contributed by atoms with Crippen LogP contribution in [-0.4, -0.2) is 71.8 Å². The lowest BCUT2D eigenvalue weighted by atomic mass is 9.91. The highest BCUT2D eigenvalue weighted by Gasteiger charge is 2.57. The smallest absolute Gasteiger partial charge is 0.422 e. The van der Waals surface area contributed by atoms with Gasteiger partial charge in [-0.25, -0.2) is 9.18 Å². The van der Waals surface area contributed by atoms with Gasteiger partial charge in [-0.1, -0.05) is 40.2 Å². The zero-order chi connectivity index (χ0) is 32.5. The number of hydrogen-bond acceptors (Lipinski definition) is 6. The molecule has 0 bridgehead atoms. The van der Waals surface area contributed by atoms with Crippen LogP contribution in [0.2, 0.25) is 0 Å². The molecular weight excluding hydrogens is 664 g/mol. The second-order valence-electron chi connectivity index (χ2n) is 10.9. The molecule has 45 heavy (non-hydrogen) atoms. The largest absolute Gasteiger partial charge is 0.493 e. The Kier molecular flexibility index (Phi) is 9.33. The summed E-state index contributed by atoms with van der Waals surface area (Å²) in [5, 5.41) is 21.1. The highest BCUT2D eigenvalue weighted by atomic mass is 79.9. The van der Waals surface area contributed by atoms with E-state index in [0.29, 0.717) is 28.4 Å². The summed E-state index contributed by atoms with van der Waals surface area (Å²) in [5.74, 6) is -1.16. The molecule has 2 heterocycles. The van der Waals surface area contributed by atoms with Crippen LogP contribution in [0.15, 0.2) is 65.3 Å². The molecule has 4 aromatic rings. The first-order valence-corrected chi connectivity index (χ1v) is 14.8. The number of aromatic carboxylic acids is 1. The summed E-state index contributed by atoms with van der Waals surface area (Å²) in [4.78, 5) is 13.0. The van der Waals surface area contributed by atoms with Crippen molar-refractivity contribution in [3.05, 3.63) is 87.8 Å². The third kappa shape index (κ3) is 6.61. The molecule has 13 heteroatoms. The van der Waals surface area contributed by atoms with Crippen LogP contribution in [0.5, 0.6) is 17.2 Å². The number of carboxylic acids is 1. The molecule has 1 atom stereocenters. The number of aliphatic hydroxyl groups is 1. The Hall–Kier alpha value is -3.81. The number of piperidine rings is 1. The Bertz CT molecular complexity index is 1680. The first-order chi connectivity index (χ1) is 21.3. The number of methoxy groups -OCH3 is 2. The van der Waals surface area contributed by atoms with Gasteiger partial charge in [0.05, 0.1) is 26.3 Å². The molecule has 240 valence electrons. The van der Waals surface area contributed by atoms with Crippen LogP contribution in [0.4, 0.5) is 17.6 Å². The summed E-state index contributed by atoms with van der Waals surface area (Å²) in [5.41, 5.74) is -2.90. The van der Waals surface area contributed by atoms with Crippen LogP contribution in [0.25, 0.3) is 10.9 Å². The number of benzene rings is 3. The molecule has 1 fully saturated rings. The monoisotopic (exact) mass is 694 g/mol. The number of alkyl halides is 3. The number of β-amino-alcohol motifs (C(OH)–C–C–N with tert-alkyl or cyclic N) is 1. The summed E-state index contributed by atoms with van der Waals surface area (Å²) in [6.07, 6.45) is -3.56. The van der Waals surface area contributed by atoms with Gasteiger partial charge in [-0.05, 0) is 43.2 Å². The van der Waals surface area contributed by atoms with E-state index in [1.807, 2.05) is 0 Å². The minimum Gasteiger partial charge on any atom is -0.493 e. The number of fused-ring (bicyclic) bond motifs is 1. The highest BCUT2D eigenvalue weighted by Crippen LogP contribution is 2.45. The molecule has 5 rings (SSSR count). The maximum Gasteiger partial charge on any atom is 0.422 e. The van der Waals surface area contributed by atoms with Gasteiger partial charge in [-0.15, -0.1) is 0 Å². The fourth-order valence-electron chi connectivity index (χ4n) is 5.66. The highest BCUT2D eigenvalue weighted by molar-refractivity contribution is 9.10. The quantitative estimate of drug-likeness (QED) is 0.181. The van der Waals surface area contributed by atoms with Crippen molar-refractivity contribution in [1.29, 1.82) is 0 Å². The third-order valence-electron chi connectivity index (χ3n) is 8.04. The van der Waals surface area contributed by atoms with Crippen molar-refractivity contribution in [2.24, 2.45) is 0 Å². The summed E-state index contributed by atoms with van der Waals surface area (Å²) in [6, 6.07) is 13.4. The number of halogens is 5. The van der Waals surface area contributed by atoms with Gasteiger partial charge in [-0.2, -0.15) is 13.2 Å². The van der Waals surface area contributed by atoms with Gasteiger partial charge in [0.25, 0.3) is 0 Å². The van der Waals surface area contributed by atoms with Gasteiger partial charge < -0.3 is 29.0 Å². The fraction of sp³-hybridized carbons (Fsp3) is 0.344. The minimum absolute atomic E-state index is 0.0311. The molecular formula is C32H31BrF4N2O6. The lowest BCUT2D eigenvalue weighted by molar-refractivity contribution is -0.272. The number of nitrogens with zero attached hydrogens (tertiary/aromatic N) is 2. The van der Waals surface area contributed by atoms with E-state index in [-0.39, 0.29) is 53.4 Å². The number of carbonyl (C=O) groups is 1. The average molecular weight is 696 g/mol. The van der Waals surface area contributed by atoms with E-state index < -0.39 is 36.2 Å². The molecule has 0 amide bonds. The normalized spacial score (nSPS) is 16.0. The molecule has 2 N–H and O–H groups in total. The molecule has 1 aliphatic rings. The van der Waals surface area contributed by atoms with Crippen molar-refractivity contribution < 1.29 is 46.8 Å². The molecule has 1 unspecified atom stereocenters. The van der Waals surface area contributed by atoms with Gasteiger partial charge in [0, 0.05) is 52.3 Å². The van der Waals surface area contributed by atoms with Crippen molar-refractivity contribution in [3.8, 4) is 17.2 Å². The van der Waals surface area contributed by atoms with Gasteiger partial charge in [0.1, 0.15) is 11.9 Å². The topological polar surface area (TPSA) is 93.4 Å². The number of likely N-dealkylation sites (tertiary alicyclic amines) is 1. The number of hydrogen-bond donors (Lipinski definition) is 2. The number of ether oxygens (including phenoxy) is 3. The van der Waals surface area contributed by atoms with Crippen LogP contribution in [-0.2, 0) is 12.1 Å². The van der Waals surface area contributed by atoms with E-state index in [4.69, 9.17) is 14.2 Å². The van der Waals surface area contributed by atoms with E-state index in [1.165, 1.54) is 60.2 Å². The average Bonchev–Trinajstić information content (AvgIpc) is 3.36. The Balaban J connectivity index is 1.39. The molecule has 1 aromatic heterocycles. The van der Waals surface area contributed by atoms with Gasteiger partial charge in [-0.3, -0.25) is 4.90 Å². The molecule has 1 saturated heterocycles. The molecule has 0 aliphatic carbocycles. The Morgan fingerprint density at radius 3 is 2.24 bits per heavy atom. The first-order valence-electron chi connectivity index (χ1n) is 14.0. The van der Waals surface area contributed by atoms with E-state index >= 15 is 0 Å². The summed E-state index contributed by atoms with van der Waals surface area (Å²) in [6.45, 7) is -0.394. The Labute approximate surface area is 264 Å². The lowest BCUT2D eigenvalue weighted by Gasteiger charge is -2.39. The fourth-order valence-corrected chi connectivity index (χ4v) is 6.01. The SMILES string of the molecule is COc1cc(C(=O)O)cc(OC)c1OC1CCN(CC(O)(c2cn(Cc3ccccc3F)c3cc(Br)ccc23)C(F)(F)F)CC1. The summed E-state index contributed by atoms with van der Waals surface area (Å²) < 4.78 is 77.8. The van der Waals surface area contributed by atoms with Crippen LogP contribution in [0, 0.1) is 5.82 Å². The molecule has 1 aliphatic heterocycles. The Morgan fingerprint density at radius 1 is 1.02 bits per heavy atom. The van der Waals surface area contributed by atoms with E-state index in [9.17, 15) is 32.6 Å². The lowest BCUT2D eigenvalue weighted by Crippen LogP contribution is -2.53. The van der Waals surface area contributed by atoms with Crippen LogP contribution in [0.3, 0.4) is 0 Å². The van der Waals surface area contributed by atoms with Crippen molar-refractivity contribution in [1.82, 2.24) is 9.47 Å². The van der Waals surface area contributed by atoms with Crippen molar-refractivity contribution in [3.63, 3.8) is 0 Å². The molecule has 0 radical (unpaired) electrons. The van der Waals surface area contributed by atoms with Crippen LogP contribution in [0.1, 0.15) is 34.3 Å². The number of carboxylic acid groups (broad SMARTS) is 1. The maximum atomic E-state index is 14.8. The number of rotatable bonds is 10. The maximum absolute atomic E-state index is 14.8. The molecule has 8 nitrogen and oxygen atoms in total. The van der Waals surface area contributed by atoms with Crippen LogP contribution >= 0.6 is 15.9 Å². The standard InChI is InChI=1S/C32H31BrF4N2O6/c1-43-27-13-20(30(40)41)14-28(44-2)29(27)45-22-9-11-38(12-10-22)18-31(42,32(35,36)37)24-17-39(16-19-5-3-4-6-25(19)34)26-15-21(33)7-8-23(24)26/h3-8,13-15,17,22,42H,9-12,16,18H2,1-2H3,(H,40,41). The Morgan fingerprint density at radius 2 is 1.67 bits per heavy atom. The number of aromatic nitrogens is 1. The summed E-state index contributed by atoms with van der Waals surface area (Å²) >= 11 is 3.37. The predicted octanol–water partition coefficient (Wildman–Crippen LogP) is 6.60. The van der Waals surface area contributed by atoms with Crippen molar-refractivity contribution in [2.75, 3.05) is 33.9 Å². The van der Waals surface area contributed by atoms with Gasteiger partial charge in [0.15, 0.2) is 11.5 Å². The predicted molar refractivity (Wildman–Crippen MR) is 162 cm³/mol. The molecule has 3 aromatic carbocycles. The molecule has 0 spiro atoms. The minimum atomic E-state index is -5.03. The van der Waals surface area contributed by atoms with E-state index in [0.717, 1.165) is 0 Å². The first kappa shape index (κ1) is 32.6. The van der Waals surface area contributed by atoms with Crippen LogP contribution < -0.4 is 14.2 Å². The van der Waals surface area contributed by atoms with Crippen molar-refractivity contribution in [2.45, 2.75) is 37.3 Å². The van der Waals surface area contributed by atoms with Crippen molar-refractivity contribution >= 4 is 32.8 Å². The zero-order valence-corrected chi connectivity index (χ0v) is 26.0. The van der Waals surface area contributed by atoms with E-state index in [1.54, 1.807) is 24.3 Å². The second-order valence-corrected chi connectivity index (χ2v) is 11.8. The third-order valence-corrected chi connectivity index (χ3v) is 8.53. The van der Waals surface area contributed by atoms with E-state index in [2.05, 4.69) is 15.9 Å². The van der Waals surface area contributed by atoms with Gasteiger partial charge in [0.2, 0.25) is 11.4 Å². The van der Waals surface area contributed by atoms with Gasteiger partial charge >= 0.3 is 12.1 Å². The molecule has 0 saturated carbocycles. The zero-order valence-electron chi connectivity index (χ0n) is 24.4. The second kappa shape index (κ2) is 12.9. The summed E-state index contributed by atoms with van der Waals surface area (Å²) in [7, 11) is 2.72.